The molecule has 1 saturated heterocycles. The Morgan fingerprint density at radius 1 is 1.36 bits per heavy atom. The number of rotatable bonds is 4. The second-order valence-electron chi connectivity index (χ2n) is 6.31. The molecule has 0 amide bonds. The fourth-order valence-corrected chi connectivity index (χ4v) is 3.26. The second kappa shape index (κ2) is 4.83. The van der Waals surface area contributed by atoms with Crippen LogP contribution in [0.15, 0.2) is 24.7 Å². The molecule has 2 unspecified atom stereocenters. The van der Waals surface area contributed by atoms with Crippen LogP contribution < -0.4 is 4.90 Å². The van der Waals surface area contributed by atoms with Crippen LogP contribution in [0.5, 0.6) is 0 Å². The predicted octanol–water partition coefficient (Wildman–Crippen LogP) is 1.79. The number of fused-ring (bicyclic) bond motifs is 1. The Labute approximate surface area is 128 Å². The zero-order chi connectivity index (χ0) is 15.3. The number of imidazole rings is 1. The van der Waals surface area contributed by atoms with Crippen molar-refractivity contribution in [1.29, 1.82) is 0 Å². The minimum atomic E-state index is -1.00. The number of carboxylic acid groups (broad SMARTS) is 1. The Morgan fingerprint density at radius 3 is 2.77 bits per heavy atom. The number of carbonyl (C=O) groups is 1. The van der Waals surface area contributed by atoms with Crippen molar-refractivity contribution >= 4 is 11.8 Å². The molecular weight excluding hydrogens is 280 g/mol. The Balaban J connectivity index is 1.50. The Bertz CT molecular complexity index is 729. The quantitative estimate of drug-likeness (QED) is 0.931. The third-order valence-corrected chi connectivity index (χ3v) is 4.69. The average molecular weight is 298 g/mol. The summed E-state index contributed by atoms with van der Waals surface area (Å²) in [6, 6.07) is 4.16. The average Bonchev–Trinajstić information content (AvgIpc) is 2.89. The first-order valence-corrected chi connectivity index (χ1v) is 7.56. The van der Waals surface area contributed by atoms with Crippen LogP contribution in [0.4, 0.5) is 5.82 Å². The van der Waals surface area contributed by atoms with Crippen LogP contribution in [-0.4, -0.2) is 38.7 Å². The first-order valence-electron chi connectivity index (χ1n) is 7.56. The summed E-state index contributed by atoms with van der Waals surface area (Å²) in [5.41, 5.74) is 2.14. The molecule has 0 radical (unpaired) electrons. The monoisotopic (exact) mass is 298 g/mol. The second-order valence-corrected chi connectivity index (χ2v) is 6.31. The van der Waals surface area contributed by atoms with Crippen LogP contribution in [0.3, 0.4) is 0 Å². The van der Waals surface area contributed by atoms with Crippen LogP contribution in [0, 0.1) is 18.8 Å². The summed E-state index contributed by atoms with van der Waals surface area (Å²) in [4.78, 5) is 21.8. The van der Waals surface area contributed by atoms with E-state index in [2.05, 4.69) is 22.0 Å². The predicted molar refractivity (Wildman–Crippen MR) is 81.1 cm³/mol. The summed E-state index contributed by atoms with van der Waals surface area (Å²) < 4.78 is 1.78. The van der Waals surface area contributed by atoms with E-state index in [-0.39, 0.29) is 5.69 Å². The number of pyridine rings is 1. The number of carboxylic acids is 1. The van der Waals surface area contributed by atoms with E-state index >= 15 is 0 Å². The highest BCUT2D eigenvalue weighted by atomic mass is 16.4. The molecule has 0 bridgehead atoms. The van der Waals surface area contributed by atoms with Crippen molar-refractivity contribution in [3.05, 3.63) is 41.6 Å². The van der Waals surface area contributed by atoms with Gasteiger partial charge in [-0.05, 0) is 36.8 Å². The van der Waals surface area contributed by atoms with Crippen molar-refractivity contribution in [2.24, 2.45) is 11.8 Å². The number of anilines is 1. The van der Waals surface area contributed by atoms with Gasteiger partial charge in [-0.15, -0.1) is 0 Å². The molecule has 0 aromatic carbocycles. The highest BCUT2D eigenvalue weighted by Crippen LogP contribution is 2.45. The lowest BCUT2D eigenvalue weighted by atomic mass is 10.2. The Hall–Kier alpha value is -2.37. The van der Waals surface area contributed by atoms with Gasteiger partial charge in [-0.2, -0.15) is 0 Å². The normalized spacial score (nSPS) is 22.7. The number of piperidine rings is 1. The van der Waals surface area contributed by atoms with Gasteiger partial charge < -0.3 is 14.6 Å². The molecule has 22 heavy (non-hydrogen) atoms. The van der Waals surface area contributed by atoms with E-state index in [4.69, 9.17) is 10.1 Å². The Morgan fingerprint density at radius 2 is 2.14 bits per heavy atom. The summed E-state index contributed by atoms with van der Waals surface area (Å²) in [5.74, 6) is 1.84. The van der Waals surface area contributed by atoms with Gasteiger partial charge in [-0.1, -0.05) is 6.07 Å². The maximum atomic E-state index is 10.9. The molecule has 2 aliphatic rings. The number of nitrogens with zero attached hydrogens (tertiary/aromatic N) is 4. The lowest BCUT2D eigenvalue weighted by Gasteiger charge is -2.20. The van der Waals surface area contributed by atoms with Crippen LogP contribution in [-0.2, 0) is 6.54 Å². The van der Waals surface area contributed by atoms with E-state index in [0.717, 1.165) is 42.0 Å². The fraction of sp³-hybridized carbons (Fsp3) is 0.438. The molecule has 1 N–H and O–H groups in total. The molecule has 6 nitrogen and oxygen atoms in total. The molecule has 0 spiro atoms. The van der Waals surface area contributed by atoms with E-state index in [9.17, 15) is 4.79 Å². The van der Waals surface area contributed by atoms with Crippen LogP contribution in [0.1, 0.15) is 28.2 Å². The summed E-state index contributed by atoms with van der Waals surface area (Å²) in [5, 5.41) is 8.91. The van der Waals surface area contributed by atoms with Gasteiger partial charge in [0.15, 0.2) is 5.69 Å². The van der Waals surface area contributed by atoms with E-state index in [1.807, 2.05) is 6.92 Å². The van der Waals surface area contributed by atoms with Gasteiger partial charge in [0.2, 0.25) is 0 Å². The third kappa shape index (κ3) is 2.34. The van der Waals surface area contributed by atoms with Gasteiger partial charge in [-0.3, -0.25) is 0 Å². The molecule has 2 fully saturated rings. The van der Waals surface area contributed by atoms with Crippen molar-refractivity contribution in [3.63, 3.8) is 0 Å². The zero-order valence-corrected chi connectivity index (χ0v) is 12.4. The first kappa shape index (κ1) is 13.3. The van der Waals surface area contributed by atoms with E-state index in [1.54, 1.807) is 17.1 Å². The number of aromatic carboxylic acids is 1. The van der Waals surface area contributed by atoms with Crippen LogP contribution in [0.2, 0.25) is 0 Å². The fourth-order valence-electron chi connectivity index (χ4n) is 3.26. The van der Waals surface area contributed by atoms with Gasteiger partial charge in [0.1, 0.15) is 5.82 Å². The Kier molecular flexibility index (Phi) is 2.92. The largest absolute Gasteiger partial charge is 0.476 e. The summed E-state index contributed by atoms with van der Waals surface area (Å²) in [6.07, 6.45) is 4.48. The topological polar surface area (TPSA) is 71.2 Å². The lowest BCUT2D eigenvalue weighted by Crippen LogP contribution is -2.23. The molecule has 2 aromatic heterocycles. The highest BCUT2D eigenvalue weighted by molar-refractivity contribution is 5.84. The van der Waals surface area contributed by atoms with Crippen molar-refractivity contribution in [1.82, 2.24) is 14.5 Å². The van der Waals surface area contributed by atoms with Crippen molar-refractivity contribution in [2.45, 2.75) is 19.9 Å². The summed E-state index contributed by atoms with van der Waals surface area (Å²) >= 11 is 0. The van der Waals surface area contributed by atoms with E-state index < -0.39 is 5.97 Å². The SMILES string of the molecule is Cc1nc(N2CC3CC3C2)ccc1Cn1cnc(C(=O)O)c1. The number of hydrogen-bond acceptors (Lipinski definition) is 4. The van der Waals surface area contributed by atoms with Crippen molar-refractivity contribution in [2.75, 3.05) is 18.0 Å². The van der Waals surface area contributed by atoms with Gasteiger partial charge in [-0.25, -0.2) is 14.8 Å². The van der Waals surface area contributed by atoms with Gasteiger partial charge in [0.25, 0.3) is 0 Å². The maximum absolute atomic E-state index is 10.9. The van der Waals surface area contributed by atoms with Crippen LogP contribution >= 0.6 is 0 Å². The van der Waals surface area contributed by atoms with E-state index in [1.165, 1.54) is 6.42 Å². The van der Waals surface area contributed by atoms with Crippen molar-refractivity contribution < 1.29 is 9.90 Å². The molecule has 4 rings (SSSR count). The smallest absolute Gasteiger partial charge is 0.356 e. The molecule has 6 heteroatoms. The number of aromatic nitrogens is 3. The van der Waals surface area contributed by atoms with Crippen LogP contribution in [0.25, 0.3) is 0 Å². The van der Waals surface area contributed by atoms with Gasteiger partial charge >= 0.3 is 5.97 Å². The molecular formula is C16H18N4O2. The highest BCUT2D eigenvalue weighted by Gasteiger charge is 2.45. The minimum absolute atomic E-state index is 0.0681. The number of aryl methyl sites for hydroxylation is 1. The summed E-state index contributed by atoms with van der Waals surface area (Å²) in [6.45, 7) is 4.87. The standard InChI is InChI=1S/C16H18N4O2/c1-10-11(5-19-8-14(16(21)22)17-9-19)2-3-15(18-10)20-6-12-4-13(12)7-20/h2-3,8-9,12-13H,4-7H2,1H3,(H,21,22). The lowest BCUT2D eigenvalue weighted by molar-refractivity contribution is 0.0691. The molecule has 3 heterocycles. The third-order valence-electron chi connectivity index (χ3n) is 4.69. The van der Waals surface area contributed by atoms with Crippen molar-refractivity contribution in [3.8, 4) is 0 Å². The van der Waals surface area contributed by atoms with E-state index in [0.29, 0.717) is 6.54 Å². The molecule has 2 aromatic rings. The minimum Gasteiger partial charge on any atom is -0.476 e. The molecule has 1 aliphatic carbocycles. The van der Waals surface area contributed by atoms with Gasteiger partial charge in [0, 0.05) is 25.0 Å². The molecule has 1 aliphatic heterocycles. The molecule has 1 saturated carbocycles. The zero-order valence-electron chi connectivity index (χ0n) is 12.4. The number of hydrogen-bond donors (Lipinski definition) is 1. The summed E-state index contributed by atoms with van der Waals surface area (Å²) in [7, 11) is 0. The van der Waals surface area contributed by atoms with Gasteiger partial charge in [0.05, 0.1) is 12.9 Å². The molecule has 114 valence electrons. The maximum Gasteiger partial charge on any atom is 0.356 e. The molecule has 2 atom stereocenters. The first-order chi connectivity index (χ1) is 10.6.